The SMILES string of the molecule is CC.CNCCc1nn[nH]n1. The van der Waals surface area contributed by atoms with Gasteiger partial charge in [0.05, 0.1) is 0 Å². The van der Waals surface area contributed by atoms with Crippen LogP contribution in [-0.2, 0) is 6.42 Å². The highest BCUT2D eigenvalue weighted by molar-refractivity contribution is 4.75. The van der Waals surface area contributed by atoms with Crippen LogP contribution in [0.2, 0.25) is 0 Å². The van der Waals surface area contributed by atoms with Crippen molar-refractivity contribution in [2.75, 3.05) is 13.6 Å². The van der Waals surface area contributed by atoms with Crippen LogP contribution in [-0.4, -0.2) is 34.2 Å². The van der Waals surface area contributed by atoms with Gasteiger partial charge in [-0.05, 0) is 7.05 Å². The summed E-state index contributed by atoms with van der Waals surface area (Å²) in [5.74, 6) is 0.754. The van der Waals surface area contributed by atoms with Gasteiger partial charge in [0.15, 0.2) is 5.82 Å². The summed E-state index contributed by atoms with van der Waals surface area (Å²) in [6.45, 7) is 4.89. The van der Waals surface area contributed by atoms with Crippen molar-refractivity contribution in [1.82, 2.24) is 25.9 Å². The Labute approximate surface area is 66.6 Å². The zero-order chi connectivity index (χ0) is 8.53. The second-order valence-electron chi connectivity index (χ2n) is 1.68. The van der Waals surface area contributed by atoms with Crippen LogP contribution in [0.25, 0.3) is 0 Å². The molecule has 0 spiro atoms. The Morgan fingerprint density at radius 2 is 2.18 bits per heavy atom. The van der Waals surface area contributed by atoms with Crippen molar-refractivity contribution in [3.8, 4) is 0 Å². The second kappa shape index (κ2) is 7.14. The van der Waals surface area contributed by atoms with E-state index in [0.29, 0.717) is 0 Å². The molecule has 0 aliphatic carbocycles. The van der Waals surface area contributed by atoms with E-state index in [4.69, 9.17) is 0 Å². The van der Waals surface area contributed by atoms with Gasteiger partial charge in [0.25, 0.3) is 0 Å². The van der Waals surface area contributed by atoms with Crippen molar-refractivity contribution in [3.63, 3.8) is 0 Å². The maximum absolute atomic E-state index is 3.77. The van der Waals surface area contributed by atoms with Gasteiger partial charge >= 0.3 is 0 Å². The van der Waals surface area contributed by atoms with Crippen molar-refractivity contribution in [3.05, 3.63) is 5.82 Å². The van der Waals surface area contributed by atoms with Crippen LogP contribution in [0.15, 0.2) is 0 Å². The zero-order valence-corrected chi connectivity index (χ0v) is 7.26. The topological polar surface area (TPSA) is 66.5 Å². The molecule has 1 aromatic heterocycles. The maximum Gasteiger partial charge on any atom is 0.175 e. The van der Waals surface area contributed by atoms with E-state index < -0.39 is 0 Å². The van der Waals surface area contributed by atoms with Gasteiger partial charge in [-0.3, -0.25) is 0 Å². The lowest BCUT2D eigenvalue weighted by atomic mass is 10.4. The number of aromatic amines is 1. The van der Waals surface area contributed by atoms with Crippen molar-refractivity contribution in [2.24, 2.45) is 0 Å². The fraction of sp³-hybridized carbons (Fsp3) is 0.833. The molecule has 2 N–H and O–H groups in total. The number of aromatic nitrogens is 4. The van der Waals surface area contributed by atoms with Gasteiger partial charge in [-0.25, -0.2) is 0 Å². The lowest BCUT2D eigenvalue weighted by Crippen LogP contribution is -2.11. The summed E-state index contributed by atoms with van der Waals surface area (Å²) in [6.07, 6.45) is 0.826. The zero-order valence-electron chi connectivity index (χ0n) is 7.26. The highest BCUT2D eigenvalue weighted by Gasteiger charge is 1.93. The summed E-state index contributed by atoms with van der Waals surface area (Å²) in [7, 11) is 1.89. The molecule has 64 valence electrons. The molecule has 0 aromatic carbocycles. The average Bonchev–Trinajstić information content (AvgIpc) is 2.57. The van der Waals surface area contributed by atoms with Crippen molar-refractivity contribution in [1.29, 1.82) is 0 Å². The van der Waals surface area contributed by atoms with Crippen LogP contribution in [0.3, 0.4) is 0 Å². The molecule has 1 rings (SSSR count). The van der Waals surface area contributed by atoms with E-state index in [2.05, 4.69) is 25.9 Å². The number of hydrogen-bond donors (Lipinski definition) is 2. The number of hydrogen-bond acceptors (Lipinski definition) is 4. The minimum Gasteiger partial charge on any atom is -0.319 e. The van der Waals surface area contributed by atoms with E-state index in [-0.39, 0.29) is 0 Å². The van der Waals surface area contributed by atoms with Gasteiger partial charge in [0.2, 0.25) is 0 Å². The first-order valence-corrected chi connectivity index (χ1v) is 3.80. The van der Waals surface area contributed by atoms with E-state index in [1.165, 1.54) is 0 Å². The molecule has 1 heterocycles. The fourth-order valence-corrected chi connectivity index (χ4v) is 0.525. The Morgan fingerprint density at radius 3 is 2.64 bits per heavy atom. The molecule has 5 heteroatoms. The van der Waals surface area contributed by atoms with Gasteiger partial charge in [-0.1, -0.05) is 19.1 Å². The molecule has 0 saturated heterocycles. The normalized spacial score (nSPS) is 8.64. The lowest BCUT2D eigenvalue weighted by Gasteiger charge is -1.89. The number of rotatable bonds is 3. The quantitative estimate of drug-likeness (QED) is 0.647. The molecule has 0 fully saturated rings. The molecule has 0 atom stereocenters. The average molecular weight is 157 g/mol. The highest BCUT2D eigenvalue weighted by Crippen LogP contribution is 1.81. The molecule has 0 saturated carbocycles. The van der Waals surface area contributed by atoms with Crippen LogP contribution in [0.4, 0.5) is 0 Å². The summed E-state index contributed by atoms with van der Waals surface area (Å²) in [5.41, 5.74) is 0. The number of nitrogens with one attached hydrogen (secondary N) is 2. The van der Waals surface area contributed by atoms with Crippen LogP contribution in [0.5, 0.6) is 0 Å². The van der Waals surface area contributed by atoms with Crippen LogP contribution in [0, 0.1) is 0 Å². The molecule has 0 aliphatic rings. The largest absolute Gasteiger partial charge is 0.319 e. The van der Waals surface area contributed by atoms with E-state index >= 15 is 0 Å². The Morgan fingerprint density at radius 1 is 1.45 bits per heavy atom. The molecule has 0 bridgehead atoms. The number of tetrazole rings is 1. The van der Waals surface area contributed by atoms with E-state index in [0.717, 1.165) is 18.8 Å². The van der Waals surface area contributed by atoms with Crippen molar-refractivity contribution >= 4 is 0 Å². The monoisotopic (exact) mass is 157 g/mol. The molecule has 0 radical (unpaired) electrons. The number of likely N-dealkylation sites (N-methyl/N-ethyl adjacent to an activating group) is 1. The van der Waals surface area contributed by atoms with Gasteiger partial charge in [-0.2, -0.15) is 5.21 Å². The van der Waals surface area contributed by atoms with Crippen LogP contribution in [0.1, 0.15) is 19.7 Å². The van der Waals surface area contributed by atoms with Gasteiger partial charge in [0, 0.05) is 13.0 Å². The molecular weight excluding hydrogens is 142 g/mol. The third kappa shape index (κ3) is 4.44. The van der Waals surface area contributed by atoms with Crippen LogP contribution >= 0.6 is 0 Å². The predicted octanol–water partition coefficient (Wildman–Crippen LogP) is -0.0122. The predicted molar refractivity (Wildman–Crippen MR) is 43.2 cm³/mol. The summed E-state index contributed by atoms with van der Waals surface area (Å²) in [5, 5.41) is 16.3. The molecule has 1 aromatic rings. The smallest absolute Gasteiger partial charge is 0.175 e. The lowest BCUT2D eigenvalue weighted by molar-refractivity contribution is 0.757. The summed E-state index contributed by atoms with van der Waals surface area (Å²) in [4.78, 5) is 0. The van der Waals surface area contributed by atoms with E-state index in [9.17, 15) is 0 Å². The van der Waals surface area contributed by atoms with E-state index in [1.54, 1.807) is 0 Å². The third-order valence-corrected chi connectivity index (χ3v) is 0.988. The van der Waals surface area contributed by atoms with Gasteiger partial charge in [0.1, 0.15) is 0 Å². The van der Waals surface area contributed by atoms with Gasteiger partial charge < -0.3 is 5.32 Å². The third-order valence-electron chi connectivity index (χ3n) is 0.988. The first kappa shape index (κ1) is 10.0. The minimum atomic E-state index is 0.754. The molecule has 11 heavy (non-hydrogen) atoms. The minimum absolute atomic E-state index is 0.754. The Balaban J connectivity index is 0.000000461. The second-order valence-corrected chi connectivity index (χ2v) is 1.68. The number of nitrogens with zero attached hydrogens (tertiary/aromatic N) is 3. The van der Waals surface area contributed by atoms with Crippen LogP contribution < -0.4 is 5.32 Å². The Hall–Kier alpha value is -0.970. The van der Waals surface area contributed by atoms with Gasteiger partial charge in [-0.15, -0.1) is 10.2 Å². The molecule has 0 unspecified atom stereocenters. The van der Waals surface area contributed by atoms with Crippen molar-refractivity contribution < 1.29 is 0 Å². The fourth-order valence-electron chi connectivity index (χ4n) is 0.525. The molecule has 0 aliphatic heterocycles. The standard InChI is InChI=1S/C4H9N5.C2H6/c1-5-3-2-4-6-8-9-7-4;1-2/h5H,2-3H2,1H3,(H,6,7,8,9);1-2H3. The first-order valence-electron chi connectivity index (χ1n) is 3.80. The summed E-state index contributed by atoms with van der Waals surface area (Å²) in [6, 6.07) is 0. The molecule has 0 amide bonds. The van der Waals surface area contributed by atoms with E-state index in [1.807, 2.05) is 20.9 Å². The Bertz CT molecular complexity index is 148. The molecular formula is C6H15N5. The summed E-state index contributed by atoms with van der Waals surface area (Å²) < 4.78 is 0. The highest BCUT2D eigenvalue weighted by atomic mass is 15.5. The summed E-state index contributed by atoms with van der Waals surface area (Å²) >= 11 is 0. The first-order chi connectivity index (χ1) is 5.43. The maximum atomic E-state index is 3.77. The number of H-pyrrole nitrogens is 1. The van der Waals surface area contributed by atoms with Crippen molar-refractivity contribution in [2.45, 2.75) is 20.3 Å². The Kier molecular flexibility index (Phi) is 6.51. The molecule has 5 nitrogen and oxygen atoms in total.